The third-order valence-corrected chi connectivity index (χ3v) is 1.95. The van der Waals surface area contributed by atoms with E-state index >= 15 is 0 Å². The van der Waals surface area contributed by atoms with Gasteiger partial charge in [0, 0.05) is 6.42 Å². The van der Waals surface area contributed by atoms with Crippen molar-refractivity contribution >= 4 is 0 Å². The van der Waals surface area contributed by atoms with Crippen molar-refractivity contribution in [1.82, 2.24) is 0 Å². The van der Waals surface area contributed by atoms with Crippen LogP contribution in [0.5, 0.6) is 5.75 Å². The molecule has 0 spiro atoms. The van der Waals surface area contributed by atoms with Crippen LogP contribution in [-0.2, 0) is 6.42 Å². The first-order chi connectivity index (χ1) is 6.57. The summed E-state index contributed by atoms with van der Waals surface area (Å²) in [6, 6.07) is 9.14. The normalized spacial score (nSPS) is 14.1. The molecular formula is C11H13NO2. The van der Waals surface area contributed by atoms with Gasteiger partial charge in [0.2, 0.25) is 0 Å². The third-order valence-electron chi connectivity index (χ3n) is 1.95. The maximum atomic E-state index is 9.51. The predicted octanol–water partition coefficient (Wildman–Crippen LogP) is 1.51. The van der Waals surface area contributed by atoms with Crippen LogP contribution in [0.1, 0.15) is 12.5 Å². The largest absolute Gasteiger partial charge is 0.497 e. The van der Waals surface area contributed by atoms with Crippen LogP contribution in [0.3, 0.4) is 0 Å². The number of methoxy groups -OCH3 is 1. The predicted molar refractivity (Wildman–Crippen MR) is 52.9 cm³/mol. The Hall–Kier alpha value is -1.53. The second-order valence-corrected chi connectivity index (χ2v) is 3.41. The molecule has 3 heteroatoms. The van der Waals surface area contributed by atoms with E-state index in [4.69, 9.17) is 10.00 Å². The molecule has 0 bridgehead atoms. The maximum absolute atomic E-state index is 9.51. The van der Waals surface area contributed by atoms with Crippen molar-refractivity contribution < 1.29 is 9.84 Å². The Balaban J connectivity index is 2.75. The van der Waals surface area contributed by atoms with E-state index in [9.17, 15) is 5.11 Å². The average molecular weight is 191 g/mol. The van der Waals surface area contributed by atoms with E-state index < -0.39 is 5.60 Å². The van der Waals surface area contributed by atoms with Crippen molar-refractivity contribution in [3.05, 3.63) is 29.8 Å². The van der Waals surface area contributed by atoms with Gasteiger partial charge in [-0.15, -0.1) is 0 Å². The summed E-state index contributed by atoms with van der Waals surface area (Å²) in [6.07, 6.45) is 0.327. The second-order valence-electron chi connectivity index (χ2n) is 3.41. The van der Waals surface area contributed by atoms with Gasteiger partial charge in [0.15, 0.2) is 5.60 Å². The summed E-state index contributed by atoms with van der Waals surface area (Å²) in [6.45, 7) is 1.50. The molecule has 0 radical (unpaired) electrons. The molecule has 1 aromatic rings. The van der Waals surface area contributed by atoms with Crippen LogP contribution in [0.15, 0.2) is 24.3 Å². The summed E-state index contributed by atoms with van der Waals surface area (Å²) in [5.41, 5.74) is -0.383. The highest BCUT2D eigenvalue weighted by Crippen LogP contribution is 2.16. The van der Waals surface area contributed by atoms with E-state index in [-0.39, 0.29) is 0 Å². The first kappa shape index (κ1) is 10.6. The average Bonchev–Trinajstić information content (AvgIpc) is 2.19. The Morgan fingerprint density at radius 3 is 2.43 bits per heavy atom. The fourth-order valence-electron chi connectivity index (χ4n) is 1.18. The molecule has 0 saturated heterocycles. The molecule has 1 atom stereocenters. The minimum Gasteiger partial charge on any atom is -0.497 e. The Bertz CT molecular complexity index is 335. The van der Waals surface area contributed by atoms with Gasteiger partial charge in [-0.2, -0.15) is 5.26 Å². The zero-order valence-corrected chi connectivity index (χ0v) is 8.32. The lowest BCUT2D eigenvalue weighted by Gasteiger charge is -2.13. The molecule has 0 aliphatic carbocycles. The Morgan fingerprint density at radius 1 is 1.43 bits per heavy atom. The third kappa shape index (κ3) is 2.75. The molecule has 1 N–H and O–H groups in total. The summed E-state index contributed by atoms with van der Waals surface area (Å²) in [5, 5.41) is 18.1. The minimum atomic E-state index is -1.30. The number of hydrogen-bond acceptors (Lipinski definition) is 3. The van der Waals surface area contributed by atoms with Gasteiger partial charge in [0.25, 0.3) is 0 Å². The Morgan fingerprint density at radius 2 is 2.00 bits per heavy atom. The molecule has 74 valence electrons. The van der Waals surface area contributed by atoms with Gasteiger partial charge in [0.05, 0.1) is 13.2 Å². The number of rotatable bonds is 3. The maximum Gasteiger partial charge on any atom is 0.152 e. The van der Waals surface area contributed by atoms with Crippen molar-refractivity contribution in [2.75, 3.05) is 7.11 Å². The zero-order chi connectivity index (χ0) is 10.6. The topological polar surface area (TPSA) is 53.2 Å². The van der Waals surface area contributed by atoms with Crippen LogP contribution in [-0.4, -0.2) is 17.8 Å². The first-order valence-electron chi connectivity index (χ1n) is 4.34. The molecule has 14 heavy (non-hydrogen) atoms. The smallest absolute Gasteiger partial charge is 0.152 e. The fraction of sp³-hybridized carbons (Fsp3) is 0.364. The van der Waals surface area contributed by atoms with Gasteiger partial charge in [-0.05, 0) is 24.6 Å². The Kier molecular flexibility index (Phi) is 3.10. The molecular weight excluding hydrogens is 178 g/mol. The zero-order valence-electron chi connectivity index (χ0n) is 8.32. The molecule has 1 aromatic carbocycles. The molecule has 0 heterocycles. The first-order valence-corrected chi connectivity index (χ1v) is 4.34. The summed E-state index contributed by atoms with van der Waals surface area (Å²) in [5.74, 6) is 0.769. The molecule has 3 nitrogen and oxygen atoms in total. The standard InChI is InChI=1S/C11H13NO2/c1-11(13,8-12)7-9-3-5-10(14-2)6-4-9/h3-6,13H,7H2,1-2H3. The van der Waals surface area contributed by atoms with Gasteiger partial charge in [-0.25, -0.2) is 0 Å². The molecule has 0 aliphatic heterocycles. The van der Waals surface area contributed by atoms with E-state index in [1.165, 1.54) is 6.92 Å². The molecule has 0 fully saturated rings. The molecule has 1 unspecified atom stereocenters. The minimum absolute atomic E-state index is 0.327. The molecule has 0 aromatic heterocycles. The summed E-state index contributed by atoms with van der Waals surface area (Å²) in [4.78, 5) is 0. The number of nitrogens with zero attached hydrogens (tertiary/aromatic N) is 1. The van der Waals surface area contributed by atoms with Gasteiger partial charge in [0.1, 0.15) is 5.75 Å². The Labute approximate surface area is 83.6 Å². The lowest BCUT2D eigenvalue weighted by Crippen LogP contribution is -2.24. The van der Waals surface area contributed by atoms with E-state index in [0.29, 0.717) is 6.42 Å². The van der Waals surface area contributed by atoms with Crippen LogP contribution >= 0.6 is 0 Å². The monoisotopic (exact) mass is 191 g/mol. The van der Waals surface area contributed by atoms with Crippen molar-refractivity contribution in [2.45, 2.75) is 18.9 Å². The summed E-state index contributed by atoms with van der Waals surface area (Å²) >= 11 is 0. The van der Waals surface area contributed by atoms with E-state index in [2.05, 4.69) is 0 Å². The summed E-state index contributed by atoms with van der Waals surface area (Å²) in [7, 11) is 1.60. The molecule has 1 rings (SSSR count). The van der Waals surface area contributed by atoms with Crippen LogP contribution in [0.4, 0.5) is 0 Å². The van der Waals surface area contributed by atoms with Gasteiger partial charge < -0.3 is 9.84 Å². The fourth-order valence-corrected chi connectivity index (χ4v) is 1.18. The van der Waals surface area contributed by atoms with Crippen LogP contribution < -0.4 is 4.74 Å². The van der Waals surface area contributed by atoms with Crippen LogP contribution in [0, 0.1) is 11.3 Å². The van der Waals surface area contributed by atoms with Gasteiger partial charge >= 0.3 is 0 Å². The van der Waals surface area contributed by atoms with Gasteiger partial charge in [-0.1, -0.05) is 12.1 Å². The van der Waals surface area contributed by atoms with Crippen LogP contribution in [0.25, 0.3) is 0 Å². The highest BCUT2D eigenvalue weighted by molar-refractivity contribution is 5.28. The quantitative estimate of drug-likeness (QED) is 0.737. The van der Waals surface area contributed by atoms with Gasteiger partial charge in [-0.3, -0.25) is 0 Å². The van der Waals surface area contributed by atoms with Crippen molar-refractivity contribution in [2.24, 2.45) is 0 Å². The van der Waals surface area contributed by atoms with E-state index in [1.807, 2.05) is 30.3 Å². The highest BCUT2D eigenvalue weighted by atomic mass is 16.5. The lowest BCUT2D eigenvalue weighted by atomic mass is 9.98. The van der Waals surface area contributed by atoms with Crippen molar-refractivity contribution in [3.8, 4) is 11.8 Å². The van der Waals surface area contributed by atoms with Crippen LogP contribution in [0.2, 0.25) is 0 Å². The van der Waals surface area contributed by atoms with Crippen molar-refractivity contribution in [3.63, 3.8) is 0 Å². The summed E-state index contributed by atoms with van der Waals surface area (Å²) < 4.78 is 5.00. The number of aliphatic hydroxyl groups is 1. The number of nitriles is 1. The van der Waals surface area contributed by atoms with E-state index in [0.717, 1.165) is 11.3 Å². The SMILES string of the molecule is COc1ccc(CC(C)(O)C#N)cc1. The molecule has 0 saturated carbocycles. The molecule has 0 amide bonds. The highest BCUT2D eigenvalue weighted by Gasteiger charge is 2.19. The number of hydrogen-bond donors (Lipinski definition) is 1. The second kappa shape index (κ2) is 4.12. The number of benzene rings is 1. The van der Waals surface area contributed by atoms with Crippen molar-refractivity contribution in [1.29, 1.82) is 5.26 Å². The van der Waals surface area contributed by atoms with E-state index in [1.54, 1.807) is 7.11 Å². The molecule has 0 aliphatic rings. The lowest BCUT2D eigenvalue weighted by molar-refractivity contribution is 0.120. The number of ether oxygens (including phenoxy) is 1.